The Morgan fingerprint density at radius 2 is 2.06 bits per heavy atom. The summed E-state index contributed by atoms with van der Waals surface area (Å²) < 4.78 is 0. The van der Waals surface area contributed by atoms with Crippen molar-refractivity contribution in [3.8, 4) is 0 Å². The maximum Gasteiger partial charge on any atom is 0.00966 e. The van der Waals surface area contributed by atoms with Gasteiger partial charge in [-0.3, -0.25) is 0 Å². The lowest BCUT2D eigenvalue weighted by molar-refractivity contribution is 0.269. The number of nitrogens with zero attached hydrogens (tertiary/aromatic N) is 1. The lowest BCUT2D eigenvalue weighted by Gasteiger charge is -2.24. The van der Waals surface area contributed by atoms with Crippen molar-refractivity contribution in [1.82, 2.24) is 10.2 Å². The predicted molar refractivity (Wildman–Crippen MR) is 71.8 cm³/mol. The van der Waals surface area contributed by atoms with E-state index in [0.717, 1.165) is 11.8 Å². The fourth-order valence-electron chi connectivity index (χ4n) is 2.27. The molecule has 2 atom stereocenters. The van der Waals surface area contributed by atoms with Crippen LogP contribution < -0.4 is 5.32 Å². The summed E-state index contributed by atoms with van der Waals surface area (Å²) in [4.78, 5) is 2.64. The van der Waals surface area contributed by atoms with Crippen molar-refractivity contribution in [3.05, 3.63) is 0 Å². The lowest BCUT2D eigenvalue weighted by Crippen LogP contribution is -2.39. The molecule has 1 aliphatic rings. The summed E-state index contributed by atoms with van der Waals surface area (Å²) in [5.41, 5.74) is 0.268. The zero-order valence-corrected chi connectivity index (χ0v) is 11.8. The van der Waals surface area contributed by atoms with E-state index in [-0.39, 0.29) is 5.54 Å². The number of hydrogen-bond donors (Lipinski definition) is 1. The van der Waals surface area contributed by atoms with Crippen molar-refractivity contribution >= 4 is 0 Å². The Hall–Kier alpha value is -0.0800. The highest BCUT2D eigenvalue weighted by Crippen LogP contribution is 2.18. The van der Waals surface area contributed by atoms with Crippen LogP contribution >= 0.6 is 0 Å². The molecule has 16 heavy (non-hydrogen) atoms. The molecule has 96 valence electrons. The molecule has 1 rings (SSSR count). The average Bonchev–Trinajstić information content (AvgIpc) is 2.61. The number of nitrogens with one attached hydrogen (secondary N) is 1. The van der Waals surface area contributed by atoms with Gasteiger partial charge in [-0.1, -0.05) is 20.3 Å². The van der Waals surface area contributed by atoms with Crippen LogP contribution in [0.3, 0.4) is 0 Å². The van der Waals surface area contributed by atoms with E-state index in [4.69, 9.17) is 0 Å². The first-order chi connectivity index (χ1) is 7.40. The zero-order valence-electron chi connectivity index (χ0n) is 11.8. The summed E-state index contributed by atoms with van der Waals surface area (Å²) in [6.45, 7) is 16.5. The maximum absolute atomic E-state index is 3.62. The minimum Gasteiger partial charge on any atom is -0.312 e. The Labute approximate surface area is 102 Å². The van der Waals surface area contributed by atoms with Gasteiger partial charge in [-0.05, 0) is 52.1 Å². The van der Waals surface area contributed by atoms with Gasteiger partial charge < -0.3 is 10.2 Å². The van der Waals surface area contributed by atoms with Crippen molar-refractivity contribution in [1.29, 1.82) is 0 Å². The summed E-state index contributed by atoms with van der Waals surface area (Å²) in [6, 6.07) is 0. The first-order valence-electron chi connectivity index (χ1n) is 6.88. The third-order valence-corrected chi connectivity index (χ3v) is 3.56. The van der Waals surface area contributed by atoms with Crippen LogP contribution in [0.5, 0.6) is 0 Å². The van der Waals surface area contributed by atoms with E-state index < -0.39 is 0 Å². The molecule has 0 bridgehead atoms. The Balaban J connectivity index is 2.20. The number of hydrogen-bond acceptors (Lipinski definition) is 2. The van der Waals surface area contributed by atoms with Gasteiger partial charge in [0.15, 0.2) is 0 Å². The van der Waals surface area contributed by atoms with Gasteiger partial charge in [-0.2, -0.15) is 0 Å². The van der Waals surface area contributed by atoms with Gasteiger partial charge in [0, 0.05) is 18.6 Å². The molecule has 0 aromatic heterocycles. The van der Waals surface area contributed by atoms with Gasteiger partial charge >= 0.3 is 0 Å². The molecule has 1 fully saturated rings. The first-order valence-corrected chi connectivity index (χ1v) is 6.88. The SMILES string of the molecule is CCC(C)CN1CCC(CNC(C)(C)C)C1. The predicted octanol–water partition coefficient (Wildman–Crippen LogP) is 2.74. The van der Waals surface area contributed by atoms with Crippen LogP contribution in [0.15, 0.2) is 0 Å². The fraction of sp³-hybridized carbons (Fsp3) is 1.00. The Kier molecular flexibility index (Phi) is 5.26. The molecular formula is C14H30N2. The van der Waals surface area contributed by atoms with Crippen molar-refractivity contribution in [3.63, 3.8) is 0 Å². The van der Waals surface area contributed by atoms with Crippen LogP contribution in [0.1, 0.15) is 47.5 Å². The lowest BCUT2D eigenvalue weighted by atomic mass is 10.1. The molecule has 1 heterocycles. The highest BCUT2D eigenvalue weighted by atomic mass is 15.2. The molecule has 2 unspecified atom stereocenters. The van der Waals surface area contributed by atoms with Crippen molar-refractivity contribution in [2.45, 2.75) is 53.0 Å². The molecule has 0 amide bonds. The van der Waals surface area contributed by atoms with E-state index in [1.54, 1.807) is 0 Å². The normalized spacial score (nSPS) is 24.9. The molecule has 0 aliphatic carbocycles. The molecule has 2 heteroatoms. The van der Waals surface area contributed by atoms with Crippen LogP contribution in [0.25, 0.3) is 0 Å². The fourth-order valence-corrected chi connectivity index (χ4v) is 2.27. The molecule has 2 nitrogen and oxygen atoms in total. The molecule has 1 saturated heterocycles. The van der Waals surface area contributed by atoms with Gasteiger partial charge in [-0.25, -0.2) is 0 Å². The van der Waals surface area contributed by atoms with Crippen molar-refractivity contribution in [2.24, 2.45) is 11.8 Å². The molecule has 1 aliphatic heterocycles. The van der Waals surface area contributed by atoms with E-state index in [2.05, 4.69) is 44.8 Å². The summed E-state index contributed by atoms with van der Waals surface area (Å²) >= 11 is 0. The van der Waals surface area contributed by atoms with Crippen LogP contribution in [0.2, 0.25) is 0 Å². The van der Waals surface area contributed by atoms with Gasteiger partial charge in [0.1, 0.15) is 0 Å². The quantitative estimate of drug-likeness (QED) is 0.775. The second-order valence-electron chi connectivity index (χ2n) is 6.56. The zero-order chi connectivity index (χ0) is 12.2. The number of likely N-dealkylation sites (tertiary alicyclic amines) is 1. The topological polar surface area (TPSA) is 15.3 Å². The van der Waals surface area contributed by atoms with E-state index >= 15 is 0 Å². The van der Waals surface area contributed by atoms with Crippen LogP contribution in [-0.2, 0) is 0 Å². The second kappa shape index (κ2) is 6.02. The Morgan fingerprint density at radius 3 is 2.62 bits per heavy atom. The molecular weight excluding hydrogens is 196 g/mol. The highest BCUT2D eigenvalue weighted by molar-refractivity contribution is 4.81. The maximum atomic E-state index is 3.62. The summed E-state index contributed by atoms with van der Waals surface area (Å²) in [5.74, 6) is 1.72. The molecule has 0 radical (unpaired) electrons. The van der Waals surface area contributed by atoms with E-state index in [1.807, 2.05) is 0 Å². The van der Waals surface area contributed by atoms with Gasteiger partial charge in [0.05, 0.1) is 0 Å². The standard InChI is InChI=1S/C14H30N2/c1-6-12(2)10-16-8-7-13(11-16)9-15-14(3,4)5/h12-13,15H,6-11H2,1-5H3. The molecule has 1 N–H and O–H groups in total. The molecule has 0 aromatic rings. The average molecular weight is 226 g/mol. The molecule has 0 spiro atoms. The Morgan fingerprint density at radius 1 is 1.38 bits per heavy atom. The third kappa shape index (κ3) is 5.31. The van der Waals surface area contributed by atoms with Crippen molar-refractivity contribution < 1.29 is 0 Å². The first kappa shape index (κ1) is 14.0. The van der Waals surface area contributed by atoms with Gasteiger partial charge in [0.25, 0.3) is 0 Å². The number of rotatable bonds is 5. The van der Waals surface area contributed by atoms with E-state index in [0.29, 0.717) is 0 Å². The second-order valence-corrected chi connectivity index (χ2v) is 6.56. The minimum absolute atomic E-state index is 0.268. The van der Waals surface area contributed by atoms with E-state index in [1.165, 1.54) is 39.0 Å². The highest BCUT2D eigenvalue weighted by Gasteiger charge is 2.24. The summed E-state index contributed by atoms with van der Waals surface area (Å²) in [7, 11) is 0. The minimum atomic E-state index is 0.268. The van der Waals surface area contributed by atoms with Crippen LogP contribution in [0.4, 0.5) is 0 Å². The molecule has 0 aromatic carbocycles. The summed E-state index contributed by atoms with van der Waals surface area (Å²) in [5, 5.41) is 3.62. The van der Waals surface area contributed by atoms with Crippen LogP contribution in [-0.4, -0.2) is 36.6 Å². The van der Waals surface area contributed by atoms with Crippen LogP contribution in [0, 0.1) is 11.8 Å². The van der Waals surface area contributed by atoms with Gasteiger partial charge in [-0.15, -0.1) is 0 Å². The molecule has 0 saturated carbocycles. The summed E-state index contributed by atoms with van der Waals surface area (Å²) in [6.07, 6.45) is 2.68. The smallest absolute Gasteiger partial charge is 0.00966 e. The van der Waals surface area contributed by atoms with E-state index in [9.17, 15) is 0 Å². The van der Waals surface area contributed by atoms with Gasteiger partial charge in [0.2, 0.25) is 0 Å². The third-order valence-electron chi connectivity index (χ3n) is 3.56. The Bertz CT molecular complexity index is 195. The monoisotopic (exact) mass is 226 g/mol. The largest absolute Gasteiger partial charge is 0.312 e. The van der Waals surface area contributed by atoms with Crippen molar-refractivity contribution in [2.75, 3.05) is 26.2 Å².